The Hall–Kier alpha value is -1.47. The molecule has 1 aliphatic carbocycles. The zero-order valence-corrected chi connectivity index (χ0v) is 19.2. The zero-order valence-electron chi connectivity index (χ0n) is 16.9. The molecular formula is C22H25Cl2N5S. The Morgan fingerprint density at radius 1 is 1.17 bits per heavy atom. The third-order valence-electron chi connectivity index (χ3n) is 6.75. The lowest BCUT2D eigenvalue weighted by Gasteiger charge is -2.42. The van der Waals surface area contributed by atoms with Crippen LogP contribution in [0.4, 0.5) is 5.95 Å². The number of hydrogen-bond donors (Lipinski definition) is 1. The number of nitrogens with two attached hydrogens (primary N) is 1. The van der Waals surface area contributed by atoms with Crippen molar-refractivity contribution in [2.45, 2.75) is 48.4 Å². The van der Waals surface area contributed by atoms with Crippen molar-refractivity contribution in [2.75, 3.05) is 18.0 Å². The first-order chi connectivity index (χ1) is 14.5. The highest BCUT2D eigenvalue weighted by molar-refractivity contribution is 7.99. The lowest BCUT2D eigenvalue weighted by molar-refractivity contribution is 0.192. The number of benzene rings is 1. The van der Waals surface area contributed by atoms with Crippen LogP contribution in [0.2, 0.25) is 10.0 Å². The fraction of sp³-hybridized carbons (Fsp3) is 0.455. The summed E-state index contributed by atoms with van der Waals surface area (Å²) < 4.78 is 2.08. The Kier molecular flexibility index (Phi) is 5.38. The third kappa shape index (κ3) is 3.48. The Bertz CT molecular complexity index is 1080. The number of anilines is 1. The summed E-state index contributed by atoms with van der Waals surface area (Å²) in [6.07, 6.45) is 10.4. The average Bonchev–Trinajstić information content (AvgIpc) is 3.32. The molecular weight excluding hydrogens is 437 g/mol. The van der Waals surface area contributed by atoms with Crippen molar-refractivity contribution in [3.05, 3.63) is 46.8 Å². The number of piperidine rings is 1. The monoisotopic (exact) mass is 461 g/mol. The van der Waals surface area contributed by atoms with E-state index in [1.165, 1.54) is 18.2 Å². The first-order valence-corrected chi connectivity index (χ1v) is 12.0. The van der Waals surface area contributed by atoms with Crippen molar-refractivity contribution in [1.82, 2.24) is 14.4 Å². The Morgan fingerprint density at radius 2 is 1.97 bits per heavy atom. The SMILES string of the molecule is CC1C[C@@H](N)C2(CCN(c3ncc(Sc4cccc(Cl)c4Cl)c4nccn34)CC2)C1. The van der Waals surface area contributed by atoms with Gasteiger partial charge >= 0.3 is 0 Å². The van der Waals surface area contributed by atoms with Crippen LogP contribution in [-0.4, -0.2) is 33.5 Å². The molecule has 30 heavy (non-hydrogen) atoms. The van der Waals surface area contributed by atoms with Gasteiger partial charge < -0.3 is 10.6 Å². The topological polar surface area (TPSA) is 59.5 Å². The molecule has 1 spiro atoms. The van der Waals surface area contributed by atoms with Gasteiger partial charge in [0.25, 0.3) is 0 Å². The van der Waals surface area contributed by atoms with E-state index in [0.29, 0.717) is 21.5 Å². The van der Waals surface area contributed by atoms with Gasteiger partial charge in [0, 0.05) is 42.6 Å². The van der Waals surface area contributed by atoms with E-state index in [1.807, 2.05) is 30.7 Å². The summed E-state index contributed by atoms with van der Waals surface area (Å²) in [7, 11) is 0. The second-order valence-electron chi connectivity index (χ2n) is 8.70. The van der Waals surface area contributed by atoms with Gasteiger partial charge in [-0.1, -0.05) is 48.0 Å². The minimum atomic E-state index is 0.309. The maximum atomic E-state index is 6.54. The summed E-state index contributed by atoms with van der Waals surface area (Å²) >= 11 is 14.1. The predicted molar refractivity (Wildman–Crippen MR) is 124 cm³/mol. The average molecular weight is 462 g/mol. The molecule has 1 aliphatic heterocycles. The third-order valence-corrected chi connectivity index (χ3v) is 8.75. The van der Waals surface area contributed by atoms with Crippen molar-refractivity contribution < 1.29 is 0 Å². The molecule has 0 radical (unpaired) electrons. The van der Waals surface area contributed by atoms with Gasteiger partial charge in [0.1, 0.15) is 0 Å². The molecule has 1 unspecified atom stereocenters. The van der Waals surface area contributed by atoms with Crippen LogP contribution in [0.1, 0.15) is 32.6 Å². The Balaban J connectivity index is 1.40. The van der Waals surface area contributed by atoms with Crippen LogP contribution in [0.5, 0.6) is 0 Å². The molecule has 0 bridgehead atoms. The lowest BCUT2D eigenvalue weighted by Crippen LogP contribution is -2.47. The van der Waals surface area contributed by atoms with E-state index in [1.54, 1.807) is 6.07 Å². The van der Waals surface area contributed by atoms with Crippen LogP contribution >= 0.6 is 35.0 Å². The summed E-state index contributed by atoms with van der Waals surface area (Å²) in [6.45, 7) is 4.29. The van der Waals surface area contributed by atoms with E-state index in [2.05, 4.69) is 21.2 Å². The summed E-state index contributed by atoms with van der Waals surface area (Å²) in [5.74, 6) is 1.68. The van der Waals surface area contributed by atoms with Crippen LogP contribution < -0.4 is 10.6 Å². The number of fused-ring (bicyclic) bond motifs is 1. The fourth-order valence-corrected chi connectivity index (χ4v) is 6.61. The molecule has 2 fully saturated rings. The van der Waals surface area contributed by atoms with Gasteiger partial charge in [-0.15, -0.1) is 0 Å². The van der Waals surface area contributed by atoms with Gasteiger partial charge in [0.15, 0.2) is 5.65 Å². The molecule has 2 atom stereocenters. The smallest absolute Gasteiger partial charge is 0.211 e. The van der Waals surface area contributed by atoms with E-state index in [4.69, 9.17) is 33.9 Å². The van der Waals surface area contributed by atoms with E-state index < -0.39 is 0 Å². The quantitative estimate of drug-likeness (QED) is 0.555. The van der Waals surface area contributed by atoms with Crippen molar-refractivity contribution in [1.29, 1.82) is 0 Å². The number of nitrogens with zero attached hydrogens (tertiary/aromatic N) is 4. The highest BCUT2D eigenvalue weighted by Crippen LogP contribution is 2.48. The van der Waals surface area contributed by atoms with Gasteiger partial charge in [0.05, 0.1) is 14.9 Å². The number of rotatable bonds is 3. The summed E-state index contributed by atoms with van der Waals surface area (Å²) in [5.41, 5.74) is 7.73. The number of imidazole rings is 1. The van der Waals surface area contributed by atoms with Gasteiger partial charge in [-0.05, 0) is 49.1 Å². The molecule has 158 valence electrons. The standard InChI is InChI=1S/C22H25Cl2N5S/c1-14-11-18(25)22(12-14)5-8-28(9-6-22)21-27-13-17(20-26-7-10-29(20)21)30-16-4-2-3-15(23)19(16)24/h2-4,7,10,13-14,18H,5-6,8-9,11-12,25H2,1H3/t14?,18-/m1/s1. The largest absolute Gasteiger partial charge is 0.342 e. The van der Waals surface area contributed by atoms with Gasteiger partial charge in [0.2, 0.25) is 5.95 Å². The molecule has 2 aromatic heterocycles. The van der Waals surface area contributed by atoms with Gasteiger partial charge in [-0.25, -0.2) is 9.97 Å². The van der Waals surface area contributed by atoms with E-state index in [-0.39, 0.29) is 0 Å². The normalized spacial score (nSPS) is 23.5. The molecule has 1 saturated heterocycles. The van der Waals surface area contributed by atoms with Crippen molar-refractivity contribution in [3.8, 4) is 0 Å². The molecule has 5 rings (SSSR count). The highest BCUT2D eigenvalue weighted by Gasteiger charge is 2.45. The van der Waals surface area contributed by atoms with Gasteiger partial charge in [-0.3, -0.25) is 4.40 Å². The van der Waals surface area contributed by atoms with Gasteiger partial charge in [-0.2, -0.15) is 0 Å². The van der Waals surface area contributed by atoms with Crippen LogP contribution in [-0.2, 0) is 0 Å². The summed E-state index contributed by atoms with van der Waals surface area (Å²) in [6, 6.07) is 5.99. The lowest BCUT2D eigenvalue weighted by atomic mass is 9.74. The molecule has 1 saturated carbocycles. The minimum Gasteiger partial charge on any atom is -0.342 e. The second kappa shape index (κ2) is 7.90. The fourth-order valence-electron chi connectivity index (χ4n) is 5.21. The summed E-state index contributed by atoms with van der Waals surface area (Å²) in [5, 5.41) is 1.11. The van der Waals surface area contributed by atoms with Crippen molar-refractivity contribution in [3.63, 3.8) is 0 Å². The number of aromatic nitrogens is 3. The van der Waals surface area contributed by atoms with Crippen LogP contribution in [0.25, 0.3) is 5.65 Å². The first kappa shape index (κ1) is 20.4. The number of halogens is 2. The zero-order chi connectivity index (χ0) is 20.9. The Morgan fingerprint density at radius 3 is 2.70 bits per heavy atom. The maximum absolute atomic E-state index is 6.54. The van der Waals surface area contributed by atoms with Crippen molar-refractivity contribution >= 4 is 46.6 Å². The molecule has 1 aromatic carbocycles. The van der Waals surface area contributed by atoms with E-state index in [0.717, 1.165) is 59.7 Å². The van der Waals surface area contributed by atoms with Crippen LogP contribution in [0.15, 0.2) is 46.6 Å². The molecule has 3 aromatic rings. The second-order valence-corrected chi connectivity index (χ2v) is 10.6. The van der Waals surface area contributed by atoms with E-state index in [9.17, 15) is 0 Å². The molecule has 0 amide bonds. The number of hydrogen-bond acceptors (Lipinski definition) is 5. The Labute approximate surface area is 191 Å². The van der Waals surface area contributed by atoms with Crippen LogP contribution in [0.3, 0.4) is 0 Å². The van der Waals surface area contributed by atoms with E-state index >= 15 is 0 Å². The van der Waals surface area contributed by atoms with Crippen molar-refractivity contribution in [2.24, 2.45) is 17.1 Å². The summed E-state index contributed by atoms with van der Waals surface area (Å²) in [4.78, 5) is 13.6. The minimum absolute atomic E-state index is 0.309. The molecule has 5 nitrogen and oxygen atoms in total. The molecule has 2 aliphatic rings. The molecule has 2 N–H and O–H groups in total. The molecule has 3 heterocycles. The first-order valence-electron chi connectivity index (χ1n) is 10.4. The predicted octanol–water partition coefficient (Wildman–Crippen LogP) is 5.53. The van der Waals surface area contributed by atoms with Crippen LogP contribution in [0, 0.1) is 11.3 Å². The maximum Gasteiger partial charge on any atom is 0.211 e. The molecule has 8 heteroatoms. The highest BCUT2D eigenvalue weighted by atomic mass is 35.5.